The van der Waals surface area contributed by atoms with Gasteiger partial charge in [-0.25, -0.2) is 0 Å². The van der Waals surface area contributed by atoms with E-state index < -0.39 is 11.9 Å². The summed E-state index contributed by atoms with van der Waals surface area (Å²) in [5.41, 5.74) is 5.62. The second-order valence-corrected chi connectivity index (χ2v) is 4.74. The highest BCUT2D eigenvalue weighted by Crippen LogP contribution is 2.34. The Kier molecular flexibility index (Phi) is 4.25. The molecule has 1 atom stereocenters. The van der Waals surface area contributed by atoms with Crippen LogP contribution in [0.15, 0.2) is 16.6 Å². The first-order chi connectivity index (χ1) is 6.91. The minimum atomic E-state index is -0.527. The lowest BCUT2D eigenvalue weighted by molar-refractivity contribution is -0.118. The molecule has 15 heavy (non-hydrogen) atoms. The summed E-state index contributed by atoms with van der Waals surface area (Å²) in [5.74, 6) is -0.468. The average molecular weight is 312 g/mol. The van der Waals surface area contributed by atoms with Crippen LogP contribution in [0.5, 0.6) is 0 Å². The summed E-state index contributed by atoms with van der Waals surface area (Å²) >= 11 is 15.2. The fourth-order valence-corrected chi connectivity index (χ4v) is 2.29. The van der Waals surface area contributed by atoms with Gasteiger partial charge < -0.3 is 11.1 Å². The van der Waals surface area contributed by atoms with Gasteiger partial charge in [-0.3, -0.25) is 4.79 Å². The monoisotopic (exact) mass is 310 g/mol. The molecule has 6 heteroatoms. The van der Waals surface area contributed by atoms with E-state index in [1.165, 1.54) is 0 Å². The van der Waals surface area contributed by atoms with Gasteiger partial charge >= 0.3 is 0 Å². The van der Waals surface area contributed by atoms with Crippen LogP contribution in [0.1, 0.15) is 6.92 Å². The smallest absolute Gasteiger partial charge is 0.239 e. The number of carbonyl (C=O) groups excluding carboxylic acids is 1. The number of hydrogen-bond donors (Lipinski definition) is 2. The van der Waals surface area contributed by atoms with Crippen LogP contribution in [0.2, 0.25) is 10.0 Å². The standard InChI is InChI=1S/C9H9BrCl2N2O/c1-4(9(13)15)14-8-6(11)2-5(10)3-7(8)12/h2-4,14H,1H3,(H2,13,15). The summed E-state index contributed by atoms with van der Waals surface area (Å²) < 4.78 is 0.773. The van der Waals surface area contributed by atoms with Crippen LogP contribution in [-0.2, 0) is 4.79 Å². The summed E-state index contributed by atoms with van der Waals surface area (Å²) in [6.45, 7) is 1.64. The Morgan fingerprint density at radius 3 is 2.33 bits per heavy atom. The second-order valence-electron chi connectivity index (χ2n) is 3.01. The van der Waals surface area contributed by atoms with Gasteiger partial charge in [0.25, 0.3) is 0 Å². The van der Waals surface area contributed by atoms with E-state index in [2.05, 4.69) is 21.2 Å². The van der Waals surface area contributed by atoms with Crippen molar-refractivity contribution in [1.29, 1.82) is 0 Å². The quantitative estimate of drug-likeness (QED) is 0.901. The number of anilines is 1. The van der Waals surface area contributed by atoms with E-state index >= 15 is 0 Å². The molecule has 0 fully saturated rings. The molecule has 1 rings (SSSR count). The molecule has 0 saturated carbocycles. The Morgan fingerprint density at radius 2 is 1.93 bits per heavy atom. The zero-order valence-electron chi connectivity index (χ0n) is 7.85. The molecule has 0 aromatic heterocycles. The molecule has 0 aliphatic rings. The van der Waals surface area contributed by atoms with Gasteiger partial charge in [-0.05, 0) is 19.1 Å². The highest BCUT2D eigenvalue weighted by Gasteiger charge is 2.13. The SMILES string of the molecule is CC(Nc1c(Cl)cc(Br)cc1Cl)C(N)=O. The number of primary amides is 1. The molecule has 0 aliphatic carbocycles. The molecule has 0 heterocycles. The number of nitrogens with one attached hydrogen (secondary N) is 1. The second kappa shape index (κ2) is 5.05. The summed E-state index contributed by atoms with van der Waals surface area (Å²) in [5, 5.41) is 3.71. The first-order valence-corrected chi connectivity index (χ1v) is 5.67. The van der Waals surface area contributed by atoms with Crippen molar-refractivity contribution in [1.82, 2.24) is 0 Å². The van der Waals surface area contributed by atoms with E-state index in [1.54, 1.807) is 19.1 Å². The topological polar surface area (TPSA) is 55.1 Å². The van der Waals surface area contributed by atoms with Crippen molar-refractivity contribution in [3.63, 3.8) is 0 Å². The fourth-order valence-electron chi connectivity index (χ4n) is 0.968. The number of hydrogen-bond acceptors (Lipinski definition) is 2. The van der Waals surface area contributed by atoms with Gasteiger partial charge in [-0.2, -0.15) is 0 Å². The van der Waals surface area contributed by atoms with E-state index in [4.69, 9.17) is 28.9 Å². The number of amides is 1. The van der Waals surface area contributed by atoms with E-state index in [9.17, 15) is 4.79 Å². The molecule has 0 radical (unpaired) electrons. The molecule has 3 N–H and O–H groups in total. The lowest BCUT2D eigenvalue weighted by atomic mass is 10.2. The predicted molar refractivity (Wildman–Crippen MR) is 66.4 cm³/mol. The molecule has 1 unspecified atom stereocenters. The molecular weight excluding hydrogens is 303 g/mol. The largest absolute Gasteiger partial charge is 0.371 e. The number of halogens is 3. The molecule has 0 spiro atoms. The van der Waals surface area contributed by atoms with Crippen molar-refractivity contribution in [2.45, 2.75) is 13.0 Å². The maximum Gasteiger partial charge on any atom is 0.239 e. The Labute approximate surface area is 106 Å². The highest BCUT2D eigenvalue weighted by atomic mass is 79.9. The number of nitrogens with two attached hydrogens (primary N) is 1. The Balaban J connectivity index is 3.00. The molecule has 3 nitrogen and oxygen atoms in total. The molecule has 1 amide bonds. The third kappa shape index (κ3) is 3.26. The van der Waals surface area contributed by atoms with Gasteiger partial charge in [-0.1, -0.05) is 39.1 Å². The number of carbonyl (C=O) groups is 1. The first kappa shape index (κ1) is 12.6. The van der Waals surface area contributed by atoms with Crippen molar-refractivity contribution < 1.29 is 4.79 Å². The molecule has 0 saturated heterocycles. The highest BCUT2D eigenvalue weighted by molar-refractivity contribution is 9.10. The van der Waals surface area contributed by atoms with Crippen molar-refractivity contribution in [2.24, 2.45) is 5.73 Å². The molecule has 1 aromatic carbocycles. The van der Waals surface area contributed by atoms with E-state index in [0.717, 1.165) is 4.47 Å². The first-order valence-electron chi connectivity index (χ1n) is 4.12. The van der Waals surface area contributed by atoms with Gasteiger partial charge in [0, 0.05) is 4.47 Å². The minimum Gasteiger partial charge on any atom is -0.371 e. The Morgan fingerprint density at radius 1 is 1.47 bits per heavy atom. The van der Waals surface area contributed by atoms with Gasteiger partial charge in [0.2, 0.25) is 5.91 Å². The van der Waals surface area contributed by atoms with E-state index in [1.807, 2.05) is 0 Å². The molecule has 1 aromatic rings. The van der Waals surface area contributed by atoms with Crippen LogP contribution in [0, 0.1) is 0 Å². The van der Waals surface area contributed by atoms with Gasteiger partial charge in [-0.15, -0.1) is 0 Å². The maximum absolute atomic E-state index is 10.9. The van der Waals surface area contributed by atoms with Gasteiger partial charge in [0.15, 0.2) is 0 Å². The maximum atomic E-state index is 10.9. The lowest BCUT2D eigenvalue weighted by Gasteiger charge is -2.14. The van der Waals surface area contributed by atoms with Crippen LogP contribution < -0.4 is 11.1 Å². The third-order valence-corrected chi connectivity index (χ3v) is 2.85. The predicted octanol–water partition coefficient (Wildman–Crippen LogP) is 3.04. The Bertz CT molecular complexity index is 375. The summed E-state index contributed by atoms with van der Waals surface area (Å²) in [6, 6.07) is 2.84. The molecule has 0 aliphatic heterocycles. The number of rotatable bonds is 3. The van der Waals surface area contributed by atoms with Crippen molar-refractivity contribution >= 4 is 50.7 Å². The zero-order chi connectivity index (χ0) is 11.6. The number of benzene rings is 1. The third-order valence-electron chi connectivity index (χ3n) is 1.79. The van der Waals surface area contributed by atoms with Crippen molar-refractivity contribution in [3.05, 3.63) is 26.7 Å². The van der Waals surface area contributed by atoms with Crippen molar-refractivity contribution in [2.75, 3.05) is 5.32 Å². The van der Waals surface area contributed by atoms with Gasteiger partial charge in [0.05, 0.1) is 15.7 Å². The molecule has 82 valence electrons. The summed E-state index contributed by atoms with van der Waals surface area (Å²) in [6.07, 6.45) is 0. The van der Waals surface area contributed by atoms with Crippen LogP contribution >= 0.6 is 39.1 Å². The van der Waals surface area contributed by atoms with Crippen LogP contribution in [0.3, 0.4) is 0 Å². The van der Waals surface area contributed by atoms with E-state index in [0.29, 0.717) is 15.7 Å². The van der Waals surface area contributed by atoms with Gasteiger partial charge in [0.1, 0.15) is 6.04 Å². The minimum absolute atomic E-state index is 0.433. The average Bonchev–Trinajstić information content (AvgIpc) is 2.10. The van der Waals surface area contributed by atoms with Crippen molar-refractivity contribution in [3.8, 4) is 0 Å². The fraction of sp³-hybridized carbons (Fsp3) is 0.222. The van der Waals surface area contributed by atoms with E-state index in [-0.39, 0.29) is 0 Å². The normalized spacial score (nSPS) is 12.3. The van der Waals surface area contributed by atoms with Crippen LogP contribution in [0.25, 0.3) is 0 Å². The zero-order valence-corrected chi connectivity index (χ0v) is 10.9. The Hall–Kier alpha value is -0.450. The van der Waals surface area contributed by atoms with Crippen LogP contribution in [0.4, 0.5) is 5.69 Å². The summed E-state index contributed by atoms with van der Waals surface area (Å²) in [7, 11) is 0. The lowest BCUT2D eigenvalue weighted by Crippen LogP contribution is -2.32. The summed E-state index contributed by atoms with van der Waals surface area (Å²) in [4.78, 5) is 10.9. The molecular formula is C9H9BrCl2N2O. The van der Waals surface area contributed by atoms with Crippen LogP contribution in [-0.4, -0.2) is 11.9 Å². The molecule has 0 bridgehead atoms.